The van der Waals surface area contributed by atoms with E-state index in [1.807, 2.05) is 25.9 Å². The third-order valence-electron chi connectivity index (χ3n) is 3.09. The molecule has 0 amide bonds. The number of likely N-dealkylation sites (N-methyl/N-ethyl adjacent to an activating group) is 1. The van der Waals surface area contributed by atoms with Gasteiger partial charge in [0.2, 0.25) is 0 Å². The Morgan fingerprint density at radius 1 is 1.43 bits per heavy atom. The zero-order valence-electron chi connectivity index (χ0n) is 12.5. The fraction of sp³-hybridized carbons (Fsp3) is 0.769. The molecule has 0 spiro atoms. The molecule has 0 aliphatic carbocycles. The quantitative estimate of drug-likeness (QED) is 0.797. The summed E-state index contributed by atoms with van der Waals surface area (Å²) in [4.78, 5) is 1.98. The largest absolute Gasteiger partial charge is 0.389 e. The summed E-state index contributed by atoms with van der Waals surface area (Å²) in [6, 6.07) is -0.450. The van der Waals surface area contributed by atoms with Crippen molar-refractivity contribution < 1.29 is 13.2 Å². The van der Waals surface area contributed by atoms with Crippen molar-refractivity contribution >= 4 is 11.6 Å². The van der Waals surface area contributed by atoms with E-state index < -0.39 is 18.6 Å². The van der Waals surface area contributed by atoms with Crippen molar-refractivity contribution in [1.82, 2.24) is 20.0 Å². The van der Waals surface area contributed by atoms with Crippen molar-refractivity contribution in [3.63, 3.8) is 0 Å². The minimum Gasteiger partial charge on any atom is -0.309 e. The van der Waals surface area contributed by atoms with Gasteiger partial charge in [0.05, 0.1) is 29.5 Å². The lowest BCUT2D eigenvalue weighted by atomic mass is 10.1. The average Bonchev–Trinajstić information content (AvgIpc) is 2.72. The SMILES string of the molecule is CCNC(CCC(F)(F)F)c1c(Cl)cnn1CCN(C)C. The molecule has 1 aromatic heterocycles. The van der Waals surface area contributed by atoms with Crippen LogP contribution in [0.15, 0.2) is 6.20 Å². The Hall–Kier alpha value is -0.790. The van der Waals surface area contributed by atoms with Crippen LogP contribution in [0, 0.1) is 0 Å². The number of halogens is 4. The summed E-state index contributed by atoms with van der Waals surface area (Å²) in [7, 11) is 3.85. The Labute approximate surface area is 128 Å². The molecule has 1 unspecified atom stereocenters. The molecule has 0 saturated heterocycles. The lowest BCUT2D eigenvalue weighted by molar-refractivity contribution is -0.136. The highest BCUT2D eigenvalue weighted by atomic mass is 35.5. The number of hydrogen-bond donors (Lipinski definition) is 1. The molecule has 0 bridgehead atoms. The first-order valence-corrected chi connectivity index (χ1v) is 7.28. The van der Waals surface area contributed by atoms with Gasteiger partial charge in [-0.25, -0.2) is 0 Å². The fourth-order valence-electron chi connectivity index (χ4n) is 2.08. The van der Waals surface area contributed by atoms with Crippen LogP contribution in [0.5, 0.6) is 0 Å². The number of nitrogens with one attached hydrogen (secondary N) is 1. The van der Waals surface area contributed by atoms with Crippen LogP contribution in [0.1, 0.15) is 31.5 Å². The lowest BCUT2D eigenvalue weighted by Crippen LogP contribution is -2.27. The molecule has 4 nitrogen and oxygen atoms in total. The molecule has 21 heavy (non-hydrogen) atoms. The molecule has 1 N–H and O–H groups in total. The normalized spacial score (nSPS) is 13.9. The van der Waals surface area contributed by atoms with E-state index in [1.54, 1.807) is 4.68 Å². The highest BCUT2D eigenvalue weighted by Crippen LogP contribution is 2.30. The predicted octanol–water partition coefficient (Wildman–Crippen LogP) is 3.09. The van der Waals surface area contributed by atoms with E-state index in [0.29, 0.717) is 23.8 Å². The van der Waals surface area contributed by atoms with E-state index >= 15 is 0 Å². The highest BCUT2D eigenvalue weighted by molar-refractivity contribution is 6.31. The van der Waals surface area contributed by atoms with Crippen LogP contribution in [0.3, 0.4) is 0 Å². The zero-order chi connectivity index (χ0) is 16.0. The maximum absolute atomic E-state index is 12.5. The second-order valence-corrected chi connectivity index (χ2v) is 5.58. The summed E-state index contributed by atoms with van der Waals surface area (Å²) in [5.74, 6) is 0. The van der Waals surface area contributed by atoms with Gasteiger partial charge in [0.1, 0.15) is 0 Å². The van der Waals surface area contributed by atoms with Crippen LogP contribution in [-0.2, 0) is 6.54 Å². The maximum Gasteiger partial charge on any atom is 0.389 e. The highest BCUT2D eigenvalue weighted by Gasteiger charge is 2.30. The van der Waals surface area contributed by atoms with Gasteiger partial charge in [0, 0.05) is 13.0 Å². The molecule has 122 valence electrons. The molecule has 8 heteroatoms. The van der Waals surface area contributed by atoms with E-state index in [-0.39, 0.29) is 6.42 Å². The molecular formula is C13H22ClF3N4. The molecule has 0 aromatic carbocycles. The van der Waals surface area contributed by atoms with Gasteiger partial charge in [-0.3, -0.25) is 4.68 Å². The first kappa shape index (κ1) is 18.3. The van der Waals surface area contributed by atoms with Crippen molar-refractivity contribution in [3.8, 4) is 0 Å². The van der Waals surface area contributed by atoms with E-state index in [2.05, 4.69) is 10.4 Å². The second-order valence-electron chi connectivity index (χ2n) is 5.17. The molecule has 1 heterocycles. The summed E-state index contributed by atoms with van der Waals surface area (Å²) in [6.45, 7) is 3.75. The summed E-state index contributed by atoms with van der Waals surface area (Å²) < 4.78 is 39.1. The second kappa shape index (κ2) is 8.00. The van der Waals surface area contributed by atoms with Gasteiger partial charge in [-0.2, -0.15) is 18.3 Å². The van der Waals surface area contributed by atoms with E-state index in [1.165, 1.54) is 6.20 Å². The van der Waals surface area contributed by atoms with Crippen LogP contribution in [0.4, 0.5) is 13.2 Å². The van der Waals surface area contributed by atoms with Crippen LogP contribution in [-0.4, -0.2) is 48.0 Å². The number of alkyl halides is 3. The first-order chi connectivity index (χ1) is 9.74. The fourth-order valence-corrected chi connectivity index (χ4v) is 2.35. The van der Waals surface area contributed by atoms with Crippen LogP contribution >= 0.6 is 11.6 Å². The monoisotopic (exact) mass is 326 g/mol. The van der Waals surface area contributed by atoms with Gasteiger partial charge >= 0.3 is 6.18 Å². The molecule has 0 aliphatic heterocycles. The van der Waals surface area contributed by atoms with Gasteiger partial charge < -0.3 is 10.2 Å². The molecule has 0 aliphatic rings. The van der Waals surface area contributed by atoms with Gasteiger partial charge in [-0.05, 0) is 27.1 Å². The summed E-state index contributed by atoms with van der Waals surface area (Å²) in [5.41, 5.74) is 0.629. The molecule has 1 rings (SSSR count). The first-order valence-electron chi connectivity index (χ1n) is 6.90. The van der Waals surface area contributed by atoms with E-state index in [0.717, 1.165) is 6.54 Å². The van der Waals surface area contributed by atoms with Crippen molar-refractivity contribution in [2.24, 2.45) is 0 Å². The summed E-state index contributed by atoms with van der Waals surface area (Å²) in [5, 5.41) is 7.64. The topological polar surface area (TPSA) is 33.1 Å². The Morgan fingerprint density at radius 3 is 2.62 bits per heavy atom. The van der Waals surface area contributed by atoms with E-state index in [4.69, 9.17) is 11.6 Å². The molecule has 0 radical (unpaired) electrons. The average molecular weight is 327 g/mol. The molecule has 1 atom stereocenters. The van der Waals surface area contributed by atoms with Crippen LogP contribution < -0.4 is 5.32 Å². The molecule has 1 aromatic rings. The minimum absolute atomic E-state index is 0.0509. The number of rotatable bonds is 8. The zero-order valence-corrected chi connectivity index (χ0v) is 13.3. The smallest absolute Gasteiger partial charge is 0.309 e. The predicted molar refractivity (Wildman–Crippen MR) is 77.5 cm³/mol. The minimum atomic E-state index is -4.17. The van der Waals surface area contributed by atoms with Crippen molar-refractivity contribution in [1.29, 1.82) is 0 Å². The molecule has 0 fully saturated rings. The third kappa shape index (κ3) is 6.23. The summed E-state index contributed by atoms with van der Waals surface area (Å²) in [6.07, 6.45) is -3.58. The number of aromatic nitrogens is 2. The Bertz CT molecular complexity index is 432. The molecule has 0 saturated carbocycles. The molecular weight excluding hydrogens is 305 g/mol. The van der Waals surface area contributed by atoms with Crippen LogP contribution in [0.25, 0.3) is 0 Å². The van der Waals surface area contributed by atoms with Gasteiger partial charge in [0.25, 0.3) is 0 Å². The maximum atomic E-state index is 12.5. The standard InChI is InChI=1S/C13H22ClF3N4/c1-4-18-11(5-6-13(15,16)17)12-10(14)9-19-21(12)8-7-20(2)3/h9,11,18H,4-8H2,1-3H3. The Morgan fingerprint density at radius 2 is 2.10 bits per heavy atom. The third-order valence-corrected chi connectivity index (χ3v) is 3.38. The van der Waals surface area contributed by atoms with Gasteiger partial charge in [-0.1, -0.05) is 18.5 Å². The van der Waals surface area contributed by atoms with E-state index in [9.17, 15) is 13.2 Å². The van der Waals surface area contributed by atoms with Crippen LogP contribution in [0.2, 0.25) is 5.02 Å². The number of hydrogen-bond acceptors (Lipinski definition) is 3. The van der Waals surface area contributed by atoms with Crippen molar-refractivity contribution in [2.75, 3.05) is 27.2 Å². The van der Waals surface area contributed by atoms with Gasteiger partial charge in [0.15, 0.2) is 0 Å². The number of nitrogens with zero attached hydrogens (tertiary/aromatic N) is 3. The van der Waals surface area contributed by atoms with Crippen molar-refractivity contribution in [2.45, 2.75) is 38.5 Å². The Kier molecular flexibility index (Phi) is 6.96. The van der Waals surface area contributed by atoms with Gasteiger partial charge in [-0.15, -0.1) is 0 Å². The lowest BCUT2D eigenvalue weighted by Gasteiger charge is -2.21. The summed E-state index contributed by atoms with van der Waals surface area (Å²) >= 11 is 6.12. The Balaban J connectivity index is 2.88. The van der Waals surface area contributed by atoms with Crippen molar-refractivity contribution in [3.05, 3.63) is 16.9 Å².